The van der Waals surface area contributed by atoms with Crippen LogP contribution in [0.1, 0.15) is 21.0 Å². The summed E-state index contributed by atoms with van der Waals surface area (Å²) in [6.07, 6.45) is 3.54. The lowest BCUT2D eigenvalue weighted by Gasteiger charge is -2.50. The van der Waals surface area contributed by atoms with E-state index in [0.717, 1.165) is 16.2 Å². The van der Waals surface area contributed by atoms with Crippen LogP contribution in [-0.2, 0) is 30.6 Å². The number of amides is 2. The number of carbonyl (C=O) groups excluding carboxylic acids is 4. The van der Waals surface area contributed by atoms with Crippen molar-refractivity contribution in [3.05, 3.63) is 52.9 Å². The number of thioether (sulfide) groups is 1. The van der Waals surface area contributed by atoms with E-state index in [0.29, 0.717) is 11.3 Å². The Kier molecular flexibility index (Phi) is 15.0. The molecule has 20 heteroatoms. The van der Waals surface area contributed by atoms with Gasteiger partial charge in [-0.15, -0.1) is 23.1 Å². The van der Waals surface area contributed by atoms with E-state index in [2.05, 4.69) is 15.5 Å². The van der Waals surface area contributed by atoms with Crippen LogP contribution in [0.2, 0.25) is 0 Å². The van der Waals surface area contributed by atoms with Crippen molar-refractivity contribution >= 4 is 57.7 Å². The van der Waals surface area contributed by atoms with Crippen molar-refractivity contribution in [2.45, 2.75) is 37.4 Å². The molecule has 18 nitrogen and oxygen atoms in total. The van der Waals surface area contributed by atoms with Gasteiger partial charge in [-0.2, -0.15) is 0 Å². The third-order valence-electron chi connectivity index (χ3n) is 5.51. The number of rotatable bonds is 9. The van der Waals surface area contributed by atoms with Crippen molar-refractivity contribution in [3.63, 3.8) is 0 Å². The van der Waals surface area contributed by atoms with Crippen LogP contribution in [0.5, 0.6) is 0 Å². The molecule has 234 valence electrons. The van der Waals surface area contributed by atoms with Crippen LogP contribution in [-0.4, -0.2) is 89.5 Å². The molecule has 1 saturated heterocycles. The molecule has 0 spiro atoms. The number of nitrogen functional groups attached to an aromatic ring is 1. The first kappa shape index (κ1) is 40.0. The minimum Gasteiger partial charge on any atom is -0.546 e. The molecule has 2 amide bonds. The molecule has 4 rings (SSSR count). The number of pyridine rings is 1. The monoisotopic (exact) mass is 636 g/mol. The van der Waals surface area contributed by atoms with Gasteiger partial charge in [0.2, 0.25) is 0 Å². The second kappa shape index (κ2) is 15.7. The summed E-state index contributed by atoms with van der Waals surface area (Å²) in [5.74, 6) is -4.30. The molecule has 2 aliphatic rings. The summed E-state index contributed by atoms with van der Waals surface area (Å²) in [6, 6.07) is 4.34. The van der Waals surface area contributed by atoms with Gasteiger partial charge in [0, 0.05) is 28.8 Å². The molecular formula is C22H32N6O12S2. The number of nitrogens with zero attached hydrogens (tertiary/aromatic N) is 4. The average molecular weight is 637 g/mol. The maximum atomic E-state index is 13.1. The summed E-state index contributed by atoms with van der Waals surface area (Å²) >= 11 is 2.30. The predicted octanol–water partition coefficient (Wildman–Crippen LogP) is -6.64. The van der Waals surface area contributed by atoms with Gasteiger partial charge in [-0.1, -0.05) is 11.2 Å². The lowest BCUT2D eigenvalue weighted by molar-refractivity contribution is -0.689. The van der Waals surface area contributed by atoms with Crippen molar-refractivity contribution in [2.24, 2.45) is 5.16 Å². The van der Waals surface area contributed by atoms with E-state index in [-0.39, 0.29) is 51.9 Å². The van der Waals surface area contributed by atoms with Crippen LogP contribution in [0.25, 0.3) is 0 Å². The molecule has 13 N–H and O–H groups in total. The molecule has 0 aliphatic carbocycles. The number of aliphatic carboxylic acids is 2. The predicted molar refractivity (Wildman–Crippen MR) is 146 cm³/mol. The molecule has 0 radical (unpaired) electrons. The highest BCUT2D eigenvalue weighted by Gasteiger charge is 2.53. The number of oxime groups is 1. The molecule has 0 saturated carbocycles. The van der Waals surface area contributed by atoms with E-state index in [9.17, 15) is 29.4 Å². The van der Waals surface area contributed by atoms with Gasteiger partial charge in [0.25, 0.3) is 11.8 Å². The lowest BCUT2D eigenvalue weighted by atomic mass is 10.0. The average Bonchev–Trinajstić information content (AvgIpc) is 3.28. The number of fused-ring (bicyclic) bond motifs is 1. The third-order valence-corrected chi connectivity index (χ3v) is 7.53. The van der Waals surface area contributed by atoms with E-state index in [1.807, 2.05) is 6.07 Å². The highest BCUT2D eigenvalue weighted by atomic mass is 32.2. The molecule has 2 aromatic heterocycles. The van der Waals surface area contributed by atoms with Gasteiger partial charge < -0.3 is 63.1 Å². The zero-order valence-corrected chi connectivity index (χ0v) is 23.7. The van der Waals surface area contributed by atoms with E-state index in [4.69, 9.17) is 10.6 Å². The number of carboxylic acid groups (broad SMARTS) is 2. The molecule has 42 heavy (non-hydrogen) atoms. The Morgan fingerprint density at radius 2 is 1.81 bits per heavy atom. The number of thiazole rings is 1. The first-order valence-corrected chi connectivity index (χ1v) is 12.7. The van der Waals surface area contributed by atoms with Gasteiger partial charge in [-0.3, -0.25) is 14.5 Å². The van der Waals surface area contributed by atoms with Crippen LogP contribution in [0, 0.1) is 0 Å². The van der Waals surface area contributed by atoms with Gasteiger partial charge in [-0.25, -0.2) is 9.55 Å². The van der Waals surface area contributed by atoms with E-state index in [1.165, 1.54) is 31.0 Å². The number of nitrogens with two attached hydrogens (primary N) is 1. The fourth-order valence-corrected chi connectivity index (χ4v) is 5.44. The Balaban J connectivity index is -0.00000267. The summed E-state index contributed by atoms with van der Waals surface area (Å²) < 4.78 is 1.78. The smallest absolute Gasteiger partial charge is 0.546 e. The fourth-order valence-electron chi connectivity index (χ4n) is 3.56. The first-order valence-electron chi connectivity index (χ1n) is 10.8. The summed E-state index contributed by atoms with van der Waals surface area (Å²) in [6.45, 7) is 2.61. The van der Waals surface area contributed by atoms with Crippen LogP contribution in [0.3, 0.4) is 0 Å². The number of nitrogens with one attached hydrogen (secondary N) is 1. The molecule has 0 unspecified atom stereocenters. The lowest BCUT2D eigenvalue weighted by Crippen LogP contribution is -2.71. The Morgan fingerprint density at radius 3 is 2.33 bits per heavy atom. The van der Waals surface area contributed by atoms with E-state index in [1.54, 1.807) is 29.1 Å². The Bertz CT molecular complexity index is 1340. The highest BCUT2D eigenvalue weighted by molar-refractivity contribution is 8.00. The highest BCUT2D eigenvalue weighted by Crippen LogP contribution is 2.40. The molecule has 0 bridgehead atoms. The number of anilines is 1. The zero-order valence-electron chi connectivity index (χ0n) is 23.1. The number of aromatic nitrogens is 2. The maximum absolute atomic E-state index is 13.1. The van der Waals surface area contributed by atoms with Crippen LogP contribution in [0.15, 0.2) is 52.4 Å². The maximum Gasteiger partial charge on any atom is 1.00 e. The number of hydrogen-bond acceptors (Lipinski definition) is 12. The minimum atomic E-state index is -1.86. The number of hydrogen-bond donors (Lipinski definition) is 2. The van der Waals surface area contributed by atoms with Gasteiger partial charge in [-0.05, 0) is 13.8 Å². The standard InChI is InChI=1S/C22H22N6O7S2.5H2O/c1-22(2,20(33)34)35-26-13(12-10-37-21(23)24-12)16(29)25-14-17(30)28-15(19(31)32)11(9-36-18(14)28)8-27-6-4-3-5-7-27;;;;;/h3-7,10,14,18H,8-9H2,1-2H3,(H4-,23,24,25,29,31,32,33,34);5*1H2/b26-13-;;;;;/t14-,18-;;;;;/m1...../s1. The van der Waals surface area contributed by atoms with Crippen LogP contribution in [0.4, 0.5) is 5.13 Å². The molecular weight excluding hydrogens is 604 g/mol. The minimum absolute atomic E-state index is 0. The summed E-state index contributed by atoms with van der Waals surface area (Å²) in [7, 11) is 0. The topological polar surface area (TPSA) is 352 Å². The van der Waals surface area contributed by atoms with Crippen LogP contribution >= 0.6 is 23.1 Å². The molecule has 2 aromatic rings. The Hall–Kier alpha value is -4.18. The summed E-state index contributed by atoms with van der Waals surface area (Å²) in [5, 5.41) is 30.3. The van der Waals surface area contributed by atoms with Crippen molar-refractivity contribution in [1.82, 2.24) is 15.2 Å². The van der Waals surface area contributed by atoms with Crippen molar-refractivity contribution in [3.8, 4) is 0 Å². The van der Waals surface area contributed by atoms with Gasteiger partial charge in [0.15, 0.2) is 35.4 Å². The second-order valence-electron chi connectivity index (χ2n) is 8.55. The first-order chi connectivity index (χ1) is 17.5. The molecule has 2 aliphatic heterocycles. The molecule has 4 heterocycles. The van der Waals surface area contributed by atoms with Gasteiger partial charge >= 0.3 is 1.43 Å². The molecule has 2 atom stereocenters. The Labute approximate surface area is 247 Å². The van der Waals surface area contributed by atoms with E-state index >= 15 is 0 Å². The SMILES string of the molecule is CC(C)(O/N=C(\C(=O)N[C@@H]1C(=O)N2C(C(=O)[O-])=C(C[n+]3ccccc3)CS[C@H]12)c1csc(N)n1)C(=O)[O-].O.O.O.O.O.[H+]. The Morgan fingerprint density at radius 1 is 1.19 bits per heavy atom. The molecule has 0 aromatic carbocycles. The number of carbonyl (C=O) groups is 4. The number of carboxylic acids is 2. The quantitative estimate of drug-likeness (QED) is 0.113. The van der Waals surface area contributed by atoms with Gasteiger partial charge in [0.1, 0.15) is 17.1 Å². The van der Waals surface area contributed by atoms with Crippen molar-refractivity contribution < 1.29 is 67.6 Å². The summed E-state index contributed by atoms with van der Waals surface area (Å²) in [5.41, 5.74) is 3.65. The second-order valence-corrected chi connectivity index (χ2v) is 10.5. The van der Waals surface area contributed by atoms with E-state index < -0.39 is 46.5 Å². The van der Waals surface area contributed by atoms with Crippen molar-refractivity contribution in [2.75, 3.05) is 11.5 Å². The third kappa shape index (κ3) is 7.97. The van der Waals surface area contributed by atoms with Gasteiger partial charge in [0.05, 0.1) is 17.6 Å². The fraction of sp³-hybridized carbons (Fsp3) is 0.318. The van der Waals surface area contributed by atoms with Crippen molar-refractivity contribution in [1.29, 1.82) is 0 Å². The van der Waals surface area contributed by atoms with Crippen LogP contribution < -0.4 is 25.8 Å². The number of β-lactam (4-membered cyclic amide) rings is 1. The largest absolute Gasteiger partial charge is 1.00 e. The summed E-state index contributed by atoms with van der Waals surface area (Å²) in [4.78, 5) is 59.4. The molecule has 1 fully saturated rings. The zero-order chi connectivity index (χ0) is 26.9. The normalized spacial score (nSPS) is 17.3.